The third kappa shape index (κ3) is 3.90. The van der Waals surface area contributed by atoms with Crippen LogP contribution in [0.5, 0.6) is 0 Å². The van der Waals surface area contributed by atoms with Crippen LogP contribution in [0.3, 0.4) is 0 Å². The largest absolute Gasteiger partial charge is 0.353 e. The number of hydrogen-bond acceptors (Lipinski definition) is 3. The van der Waals surface area contributed by atoms with Crippen molar-refractivity contribution in [3.05, 3.63) is 35.4 Å². The number of fused-ring (bicyclic) bond motifs is 1. The summed E-state index contributed by atoms with van der Waals surface area (Å²) in [6, 6.07) is 8.13. The predicted octanol–water partition coefficient (Wildman–Crippen LogP) is 1.15. The van der Waals surface area contributed by atoms with Crippen molar-refractivity contribution < 1.29 is 9.00 Å². The molecule has 0 radical (unpaired) electrons. The summed E-state index contributed by atoms with van der Waals surface area (Å²) in [6.07, 6.45) is 2.44. The van der Waals surface area contributed by atoms with E-state index >= 15 is 0 Å². The van der Waals surface area contributed by atoms with Crippen molar-refractivity contribution in [3.63, 3.8) is 0 Å². The first-order valence-electron chi connectivity index (χ1n) is 6.97. The zero-order valence-corrected chi connectivity index (χ0v) is 12.8. The Morgan fingerprint density at radius 1 is 1.50 bits per heavy atom. The van der Waals surface area contributed by atoms with Crippen LogP contribution >= 0.6 is 0 Å². The Labute approximate surface area is 122 Å². The molecule has 0 spiro atoms. The van der Waals surface area contributed by atoms with Crippen LogP contribution in [0.4, 0.5) is 0 Å². The highest BCUT2D eigenvalue weighted by molar-refractivity contribution is 7.84. The summed E-state index contributed by atoms with van der Waals surface area (Å²) in [6.45, 7) is 3.46. The minimum atomic E-state index is -0.806. The Balaban J connectivity index is 1.98. The van der Waals surface area contributed by atoms with Crippen molar-refractivity contribution in [3.8, 4) is 0 Å². The average molecular weight is 294 g/mol. The first kappa shape index (κ1) is 15.2. The molecule has 0 aliphatic carbocycles. The molecule has 4 nitrogen and oxygen atoms in total. The molecule has 1 aliphatic heterocycles. The maximum atomic E-state index is 12.4. The minimum Gasteiger partial charge on any atom is -0.353 e. The molecule has 0 saturated carbocycles. The molecule has 1 amide bonds. The Kier molecular flexibility index (Phi) is 5.31. The van der Waals surface area contributed by atoms with Gasteiger partial charge in [-0.25, -0.2) is 0 Å². The number of nitrogens with one attached hydrogen (secondary N) is 2. The summed E-state index contributed by atoms with van der Waals surface area (Å²) < 4.78 is 11.1. The third-order valence-corrected chi connectivity index (χ3v) is 4.45. The molecule has 2 N–H and O–H groups in total. The van der Waals surface area contributed by atoms with Crippen LogP contribution in [0.2, 0.25) is 0 Å². The fraction of sp³-hybridized carbons (Fsp3) is 0.533. The molecule has 20 heavy (non-hydrogen) atoms. The van der Waals surface area contributed by atoms with Crippen molar-refractivity contribution in [2.24, 2.45) is 0 Å². The Morgan fingerprint density at radius 2 is 2.25 bits per heavy atom. The van der Waals surface area contributed by atoms with Gasteiger partial charge in [-0.15, -0.1) is 0 Å². The van der Waals surface area contributed by atoms with Gasteiger partial charge in [0.2, 0.25) is 5.91 Å². The first-order chi connectivity index (χ1) is 9.58. The summed E-state index contributed by atoms with van der Waals surface area (Å²) in [5.41, 5.74) is 2.32. The molecular weight excluding hydrogens is 272 g/mol. The Morgan fingerprint density at radius 3 is 3.00 bits per heavy atom. The van der Waals surface area contributed by atoms with E-state index in [0.717, 1.165) is 18.5 Å². The molecule has 0 bridgehead atoms. The maximum absolute atomic E-state index is 12.4. The van der Waals surface area contributed by atoms with Gasteiger partial charge in [-0.3, -0.25) is 9.00 Å². The van der Waals surface area contributed by atoms with Crippen molar-refractivity contribution >= 4 is 16.7 Å². The summed E-state index contributed by atoms with van der Waals surface area (Å²) in [7, 11) is -0.806. The van der Waals surface area contributed by atoms with Crippen LogP contribution in [-0.2, 0) is 22.1 Å². The summed E-state index contributed by atoms with van der Waals surface area (Å²) in [5.74, 6) is 0.551. The highest BCUT2D eigenvalue weighted by Gasteiger charge is 2.26. The van der Waals surface area contributed by atoms with E-state index in [4.69, 9.17) is 0 Å². The van der Waals surface area contributed by atoms with E-state index < -0.39 is 10.8 Å². The predicted molar refractivity (Wildman–Crippen MR) is 82.0 cm³/mol. The first-order valence-corrected chi connectivity index (χ1v) is 8.69. The van der Waals surface area contributed by atoms with Gasteiger partial charge in [0.15, 0.2) is 0 Å². The quantitative estimate of drug-likeness (QED) is 0.856. The molecule has 2 rings (SSSR count). The van der Waals surface area contributed by atoms with Crippen LogP contribution in [0.1, 0.15) is 30.4 Å². The van der Waals surface area contributed by atoms with Gasteiger partial charge in [0.05, 0.1) is 5.92 Å². The molecule has 110 valence electrons. The van der Waals surface area contributed by atoms with Gasteiger partial charge >= 0.3 is 0 Å². The smallest absolute Gasteiger partial charge is 0.229 e. The van der Waals surface area contributed by atoms with Gasteiger partial charge in [0, 0.05) is 41.9 Å². The Bertz CT molecular complexity index is 504. The number of carbonyl (C=O) groups is 1. The lowest BCUT2D eigenvalue weighted by atomic mass is 9.90. The molecule has 3 atom stereocenters. The number of benzene rings is 1. The molecule has 0 fully saturated rings. The van der Waals surface area contributed by atoms with Gasteiger partial charge < -0.3 is 10.6 Å². The highest BCUT2D eigenvalue weighted by atomic mass is 32.2. The van der Waals surface area contributed by atoms with E-state index in [2.05, 4.69) is 16.7 Å². The SMILES string of the molecule is CC(CCS(C)=O)NC(=O)C1CNCc2ccccc21. The molecule has 1 aliphatic rings. The summed E-state index contributed by atoms with van der Waals surface area (Å²) >= 11 is 0. The van der Waals surface area contributed by atoms with Gasteiger partial charge in [-0.05, 0) is 24.5 Å². The number of rotatable bonds is 5. The molecule has 0 aromatic heterocycles. The van der Waals surface area contributed by atoms with Gasteiger partial charge in [0.25, 0.3) is 0 Å². The van der Waals surface area contributed by atoms with Crippen LogP contribution in [-0.4, -0.2) is 34.7 Å². The number of amides is 1. The monoisotopic (exact) mass is 294 g/mol. The molecule has 1 heterocycles. The van der Waals surface area contributed by atoms with Crippen molar-refractivity contribution in [1.82, 2.24) is 10.6 Å². The lowest BCUT2D eigenvalue weighted by molar-refractivity contribution is -0.123. The van der Waals surface area contributed by atoms with Crippen molar-refractivity contribution in [2.75, 3.05) is 18.6 Å². The van der Waals surface area contributed by atoms with E-state index in [-0.39, 0.29) is 17.9 Å². The second-order valence-corrected chi connectivity index (χ2v) is 6.91. The molecular formula is C15H22N2O2S. The van der Waals surface area contributed by atoms with Gasteiger partial charge in [-0.1, -0.05) is 24.3 Å². The van der Waals surface area contributed by atoms with E-state index in [0.29, 0.717) is 12.3 Å². The third-order valence-electron chi connectivity index (χ3n) is 3.64. The average Bonchev–Trinajstić information content (AvgIpc) is 2.44. The van der Waals surface area contributed by atoms with Gasteiger partial charge in [0.1, 0.15) is 0 Å². The molecule has 3 unspecified atom stereocenters. The molecule has 1 aromatic rings. The zero-order valence-electron chi connectivity index (χ0n) is 12.0. The molecule has 1 aromatic carbocycles. The van der Waals surface area contributed by atoms with E-state index in [1.165, 1.54) is 5.56 Å². The van der Waals surface area contributed by atoms with Gasteiger partial charge in [-0.2, -0.15) is 0 Å². The van der Waals surface area contributed by atoms with E-state index in [9.17, 15) is 9.00 Å². The molecule has 0 saturated heterocycles. The van der Waals surface area contributed by atoms with Crippen LogP contribution in [0.25, 0.3) is 0 Å². The van der Waals surface area contributed by atoms with Crippen molar-refractivity contribution in [1.29, 1.82) is 0 Å². The van der Waals surface area contributed by atoms with Crippen LogP contribution < -0.4 is 10.6 Å². The summed E-state index contributed by atoms with van der Waals surface area (Å²) in [5, 5.41) is 6.32. The fourth-order valence-electron chi connectivity index (χ4n) is 2.49. The number of carbonyl (C=O) groups excluding carboxylic acids is 1. The lowest BCUT2D eigenvalue weighted by Crippen LogP contribution is -2.42. The normalized spacial score (nSPS) is 20.8. The number of hydrogen-bond donors (Lipinski definition) is 2. The van der Waals surface area contributed by atoms with Crippen LogP contribution in [0.15, 0.2) is 24.3 Å². The van der Waals surface area contributed by atoms with Crippen molar-refractivity contribution in [2.45, 2.75) is 31.8 Å². The zero-order chi connectivity index (χ0) is 14.5. The minimum absolute atomic E-state index is 0.0547. The summed E-state index contributed by atoms with van der Waals surface area (Å²) in [4.78, 5) is 12.4. The maximum Gasteiger partial charge on any atom is 0.229 e. The van der Waals surface area contributed by atoms with Crippen LogP contribution in [0, 0.1) is 0 Å². The fourth-order valence-corrected chi connectivity index (χ4v) is 3.17. The van der Waals surface area contributed by atoms with E-state index in [1.807, 2.05) is 25.1 Å². The standard InChI is InChI=1S/C15H22N2O2S/c1-11(7-8-20(2)19)17-15(18)14-10-16-9-12-5-3-4-6-13(12)14/h3-6,11,14,16H,7-10H2,1-2H3,(H,17,18). The second-order valence-electron chi connectivity index (χ2n) is 5.36. The lowest BCUT2D eigenvalue weighted by Gasteiger charge is -2.27. The Hall–Kier alpha value is -1.20. The second kappa shape index (κ2) is 6.99. The highest BCUT2D eigenvalue weighted by Crippen LogP contribution is 2.23. The topological polar surface area (TPSA) is 58.2 Å². The molecule has 5 heteroatoms. The van der Waals surface area contributed by atoms with E-state index in [1.54, 1.807) is 6.26 Å².